The van der Waals surface area contributed by atoms with Crippen LogP contribution < -0.4 is 5.32 Å². The lowest BCUT2D eigenvalue weighted by Gasteiger charge is -2.26. The van der Waals surface area contributed by atoms with Gasteiger partial charge < -0.3 is 9.73 Å². The van der Waals surface area contributed by atoms with Crippen molar-refractivity contribution < 1.29 is 18.0 Å². The number of furan rings is 1. The summed E-state index contributed by atoms with van der Waals surface area (Å²) in [5, 5.41) is 2.68. The Morgan fingerprint density at radius 2 is 2.04 bits per heavy atom. The summed E-state index contributed by atoms with van der Waals surface area (Å²) >= 11 is 0. The van der Waals surface area contributed by atoms with Crippen LogP contribution in [0.25, 0.3) is 0 Å². The molecule has 1 aliphatic heterocycles. The summed E-state index contributed by atoms with van der Waals surface area (Å²) in [6.45, 7) is 2.13. The number of hydrogen-bond acceptors (Lipinski definition) is 3. The third-order valence-electron chi connectivity index (χ3n) is 4.08. The maximum absolute atomic E-state index is 13.7. The van der Waals surface area contributed by atoms with Crippen molar-refractivity contribution in [3.8, 4) is 0 Å². The minimum atomic E-state index is -0.736. The number of hydrogen-bond donors (Lipinski definition) is 1. The smallest absolute Gasteiger partial charge is 0.254 e. The molecule has 1 amide bonds. The maximum atomic E-state index is 13.7. The first kappa shape index (κ1) is 15.7. The van der Waals surface area contributed by atoms with E-state index in [-0.39, 0.29) is 18.2 Å². The summed E-state index contributed by atoms with van der Waals surface area (Å²) in [4.78, 5) is 14.4. The molecule has 1 aliphatic rings. The Labute approximate surface area is 133 Å². The zero-order chi connectivity index (χ0) is 16.2. The number of nitrogens with one attached hydrogen (secondary N) is 1. The molecule has 23 heavy (non-hydrogen) atoms. The molecule has 1 fully saturated rings. The van der Waals surface area contributed by atoms with Gasteiger partial charge in [0.25, 0.3) is 5.91 Å². The van der Waals surface area contributed by atoms with Gasteiger partial charge in [0.2, 0.25) is 0 Å². The molecule has 0 bridgehead atoms. The predicted molar refractivity (Wildman–Crippen MR) is 80.9 cm³/mol. The van der Waals surface area contributed by atoms with Crippen LogP contribution in [0.4, 0.5) is 8.78 Å². The van der Waals surface area contributed by atoms with Crippen LogP contribution >= 0.6 is 0 Å². The molecule has 4 nitrogen and oxygen atoms in total. The number of benzene rings is 1. The molecule has 2 aromatic rings. The van der Waals surface area contributed by atoms with Gasteiger partial charge in [0.1, 0.15) is 17.4 Å². The molecule has 0 aliphatic carbocycles. The molecule has 3 rings (SSSR count). The Morgan fingerprint density at radius 1 is 1.26 bits per heavy atom. The number of halogens is 2. The van der Waals surface area contributed by atoms with E-state index in [1.54, 1.807) is 12.3 Å². The van der Waals surface area contributed by atoms with Gasteiger partial charge in [-0.25, -0.2) is 8.78 Å². The average molecular weight is 320 g/mol. The maximum Gasteiger partial charge on any atom is 0.254 e. The lowest BCUT2D eigenvalue weighted by molar-refractivity contribution is 0.0929. The second-order valence-electron chi connectivity index (χ2n) is 5.61. The predicted octanol–water partition coefficient (Wildman–Crippen LogP) is 3.12. The molecular formula is C17H18F2N2O2. The van der Waals surface area contributed by atoms with E-state index in [9.17, 15) is 13.6 Å². The molecule has 1 saturated heterocycles. The topological polar surface area (TPSA) is 45.5 Å². The van der Waals surface area contributed by atoms with Crippen molar-refractivity contribution in [3.05, 3.63) is 59.6 Å². The quantitative estimate of drug-likeness (QED) is 0.920. The summed E-state index contributed by atoms with van der Waals surface area (Å²) in [5.41, 5.74) is -0.287. The van der Waals surface area contributed by atoms with Crippen LogP contribution in [-0.4, -0.2) is 30.4 Å². The molecule has 1 unspecified atom stereocenters. The van der Waals surface area contributed by atoms with Crippen LogP contribution in [0.3, 0.4) is 0 Å². The third kappa shape index (κ3) is 3.59. The van der Waals surface area contributed by atoms with Gasteiger partial charge in [-0.1, -0.05) is 0 Å². The van der Waals surface area contributed by atoms with E-state index in [0.29, 0.717) is 0 Å². The summed E-state index contributed by atoms with van der Waals surface area (Å²) in [6.07, 6.45) is 3.79. The van der Waals surface area contributed by atoms with Crippen LogP contribution in [-0.2, 0) is 0 Å². The van der Waals surface area contributed by atoms with Gasteiger partial charge in [0, 0.05) is 6.54 Å². The highest BCUT2D eigenvalue weighted by Gasteiger charge is 2.26. The molecular weight excluding hydrogens is 302 g/mol. The van der Waals surface area contributed by atoms with Gasteiger partial charge in [-0.05, 0) is 56.3 Å². The Hall–Kier alpha value is -2.21. The highest BCUT2D eigenvalue weighted by molar-refractivity contribution is 5.94. The highest BCUT2D eigenvalue weighted by Crippen LogP contribution is 2.25. The summed E-state index contributed by atoms with van der Waals surface area (Å²) in [6, 6.07) is 6.40. The lowest BCUT2D eigenvalue weighted by atomic mass is 10.1. The molecule has 2 heterocycles. The van der Waals surface area contributed by atoms with E-state index in [1.807, 2.05) is 6.07 Å². The van der Waals surface area contributed by atoms with Gasteiger partial charge >= 0.3 is 0 Å². The first-order chi connectivity index (χ1) is 11.1. The molecule has 6 heteroatoms. The van der Waals surface area contributed by atoms with E-state index >= 15 is 0 Å². The molecule has 1 aromatic heterocycles. The third-order valence-corrected chi connectivity index (χ3v) is 4.08. The molecule has 1 atom stereocenters. The van der Waals surface area contributed by atoms with Crippen molar-refractivity contribution in [2.24, 2.45) is 0 Å². The Kier molecular flexibility index (Phi) is 4.71. The van der Waals surface area contributed by atoms with Crippen molar-refractivity contribution in [2.45, 2.75) is 18.9 Å². The minimum Gasteiger partial charge on any atom is -0.468 e. The molecule has 0 spiro atoms. The van der Waals surface area contributed by atoms with Gasteiger partial charge in [-0.3, -0.25) is 9.69 Å². The van der Waals surface area contributed by atoms with E-state index in [1.165, 1.54) is 0 Å². The monoisotopic (exact) mass is 320 g/mol. The zero-order valence-electron chi connectivity index (χ0n) is 12.6. The number of carbonyl (C=O) groups is 1. The second kappa shape index (κ2) is 6.91. The minimum absolute atomic E-state index is 0.104. The van der Waals surface area contributed by atoms with Crippen molar-refractivity contribution in [1.29, 1.82) is 0 Å². The Bertz CT molecular complexity index is 667. The fourth-order valence-electron chi connectivity index (χ4n) is 2.90. The van der Waals surface area contributed by atoms with E-state index in [4.69, 9.17) is 4.42 Å². The van der Waals surface area contributed by atoms with Crippen LogP contribution in [0.1, 0.15) is 35.0 Å². The lowest BCUT2D eigenvalue weighted by Crippen LogP contribution is -2.36. The Morgan fingerprint density at radius 3 is 2.74 bits per heavy atom. The highest BCUT2D eigenvalue weighted by atomic mass is 19.1. The molecule has 0 radical (unpaired) electrons. The Balaban J connectivity index is 1.71. The van der Waals surface area contributed by atoms with Gasteiger partial charge in [0.15, 0.2) is 0 Å². The largest absolute Gasteiger partial charge is 0.468 e. The SMILES string of the molecule is O=C(NCC(c1ccco1)N1CCCC1)c1cc(F)ccc1F. The second-order valence-corrected chi connectivity index (χ2v) is 5.61. The number of rotatable bonds is 5. The van der Waals surface area contributed by atoms with Crippen LogP contribution in [0.2, 0.25) is 0 Å². The van der Waals surface area contributed by atoms with Crippen molar-refractivity contribution in [1.82, 2.24) is 10.2 Å². The van der Waals surface area contributed by atoms with Crippen molar-refractivity contribution in [2.75, 3.05) is 19.6 Å². The standard InChI is InChI=1S/C17H18F2N2O2/c18-12-5-6-14(19)13(10-12)17(22)20-11-15(16-4-3-9-23-16)21-7-1-2-8-21/h3-6,9-10,15H,1-2,7-8,11H2,(H,20,22). The van der Waals surface area contributed by atoms with E-state index in [2.05, 4.69) is 10.2 Å². The first-order valence-corrected chi connectivity index (χ1v) is 7.66. The van der Waals surface area contributed by atoms with Gasteiger partial charge in [0.05, 0.1) is 17.9 Å². The van der Waals surface area contributed by atoms with Crippen molar-refractivity contribution >= 4 is 5.91 Å². The summed E-state index contributed by atoms with van der Waals surface area (Å²) in [7, 11) is 0. The zero-order valence-corrected chi connectivity index (χ0v) is 12.6. The fourth-order valence-corrected chi connectivity index (χ4v) is 2.90. The first-order valence-electron chi connectivity index (χ1n) is 7.66. The van der Waals surface area contributed by atoms with Crippen molar-refractivity contribution in [3.63, 3.8) is 0 Å². The number of amides is 1. The average Bonchev–Trinajstić information content (AvgIpc) is 3.23. The number of likely N-dealkylation sites (tertiary alicyclic amines) is 1. The van der Waals surface area contributed by atoms with E-state index in [0.717, 1.165) is 49.9 Å². The molecule has 0 saturated carbocycles. The van der Waals surface area contributed by atoms with E-state index < -0.39 is 17.5 Å². The summed E-state index contributed by atoms with van der Waals surface area (Å²) in [5.74, 6) is -1.25. The van der Waals surface area contributed by atoms with Crippen LogP contribution in [0, 0.1) is 11.6 Å². The van der Waals surface area contributed by atoms with Crippen LogP contribution in [0.15, 0.2) is 41.0 Å². The number of nitrogens with zero attached hydrogens (tertiary/aromatic N) is 1. The van der Waals surface area contributed by atoms with Gasteiger partial charge in [-0.15, -0.1) is 0 Å². The molecule has 122 valence electrons. The summed E-state index contributed by atoms with van der Waals surface area (Å²) < 4.78 is 32.3. The normalized spacial score (nSPS) is 16.4. The fraction of sp³-hybridized carbons (Fsp3) is 0.353. The molecule has 1 N–H and O–H groups in total. The van der Waals surface area contributed by atoms with Crippen LogP contribution in [0.5, 0.6) is 0 Å². The number of carbonyl (C=O) groups excluding carboxylic acids is 1. The molecule has 1 aromatic carbocycles. The van der Waals surface area contributed by atoms with Gasteiger partial charge in [-0.2, -0.15) is 0 Å².